The maximum Gasteiger partial charge on any atom is 0.0586 e. The number of aliphatic hydroxyl groups excluding tert-OH is 1. The van der Waals surface area contributed by atoms with Gasteiger partial charge >= 0.3 is 0 Å². The Morgan fingerprint density at radius 1 is 0.867 bits per heavy atom. The summed E-state index contributed by atoms with van der Waals surface area (Å²) in [4.78, 5) is 2.62. The summed E-state index contributed by atoms with van der Waals surface area (Å²) in [6.45, 7) is 1.60. The largest absolute Gasteiger partial charge is 0.395 e. The molecular formula is C13H25NO. The van der Waals surface area contributed by atoms with Gasteiger partial charge in [0, 0.05) is 12.1 Å². The fourth-order valence-electron chi connectivity index (χ4n) is 3.29. The molecule has 0 amide bonds. The lowest BCUT2D eigenvalue weighted by Crippen LogP contribution is -2.47. The molecule has 1 heterocycles. The molecule has 1 N–H and O–H groups in total. The average Bonchev–Trinajstić information content (AvgIpc) is 2.57. The third-order valence-corrected chi connectivity index (χ3v) is 4.18. The molecule has 1 saturated heterocycles. The summed E-state index contributed by atoms with van der Waals surface area (Å²) in [5.41, 5.74) is 0. The molecule has 2 fully saturated rings. The second-order valence-electron chi connectivity index (χ2n) is 5.22. The monoisotopic (exact) mass is 211 g/mol. The predicted octanol–water partition coefficient (Wildman–Crippen LogP) is 2.56. The number of aliphatic hydroxyl groups is 1. The lowest BCUT2D eigenvalue weighted by Gasteiger charge is -2.40. The van der Waals surface area contributed by atoms with Gasteiger partial charge in [0.2, 0.25) is 0 Å². The highest BCUT2D eigenvalue weighted by atomic mass is 16.3. The van der Waals surface area contributed by atoms with Crippen LogP contribution in [-0.4, -0.2) is 35.2 Å². The Hall–Kier alpha value is -0.0800. The molecule has 15 heavy (non-hydrogen) atoms. The normalized spacial score (nSPS) is 31.4. The van der Waals surface area contributed by atoms with E-state index in [1.54, 1.807) is 0 Å². The van der Waals surface area contributed by atoms with Crippen LogP contribution in [0, 0.1) is 0 Å². The minimum absolute atomic E-state index is 0.372. The first-order chi connectivity index (χ1) is 7.42. The van der Waals surface area contributed by atoms with Crippen molar-refractivity contribution in [3.63, 3.8) is 0 Å². The Labute approximate surface area is 93.7 Å². The first-order valence-corrected chi connectivity index (χ1v) is 6.78. The number of rotatable bonds is 2. The van der Waals surface area contributed by atoms with Crippen LogP contribution in [0.15, 0.2) is 0 Å². The summed E-state index contributed by atoms with van der Waals surface area (Å²) in [6.07, 6.45) is 12.3. The van der Waals surface area contributed by atoms with E-state index in [2.05, 4.69) is 4.90 Å². The third kappa shape index (κ3) is 2.94. The summed E-state index contributed by atoms with van der Waals surface area (Å²) in [5, 5.41) is 9.42. The van der Waals surface area contributed by atoms with Crippen molar-refractivity contribution in [2.45, 2.75) is 69.9 Å². The molecule has 2 heteroatoms. The second-order valence-corrected chi connectivity index (χ2v) is 5.22. The zero-order valence-electron chi connectivity index (χ0n) is 9.83. The van der Waals surface area contributed by atoms with E-state index in [9.17, 15) is 5.11 Å². The average molecular weight is 211 g/mol. The van der Waals surface area contributed by atoms with Gasteiger partial charge in [0.15, 0.2) is 0 Å². The fraction of sp³-hybridized carbons (Fsp3) is 1.00. The van der Waals surface area contributed by atoms with E-state index in [1.807, 2.05) is 0 Å². The zero-order valence-corrected chi connectivity index (χ0v) is 9.83. The molecular weight excluding hydrogens is 186 g/mol. The summed E-state index contributed by atoms with van der Waals surface area (Å²) < 4.78 is 0. The summed E-state index contributed by atoms with van der Waals surface area (Å²) >= 11 is 0. The molecule has 1 aliphatic heterocycles. The molecule has 0 radical (unpaired) electrons. The van der Waals surface area contributed by atoms with E-state index in [-0.39, 0.29) is 0 Å². The summed E-state index contributed by atoms with van der Waals surface area (Å²) in [6, 6.07) is 1.26. The van der Waals surface area contributed by atoms with Crippen LogP contribution >= 0.6 is 0 Å². The number of hydrogen-bond donors (Lipinski definition) is 1. The van der Waals surface area contributed by atoms with Gasteiger partial charge in [-0.15, -0.1) is 0 Å². The lowest BCUT2D eigenvalue weighted by molar-refractivity contribution is 0.0470. The maximum atomic E-state index is 9.42. The summed E-state index contributed by atoms with van der Waals surface area (Å²) in [7, 11) is 0. The third-order valence-electron chi connectivity index (χ3n) is 4.18. The van der Waals surface area contributed by atoms with Crippen molar-refractivity contribution < 1.29 is 5.11 Å². The van der Waals surface area contributed by atoms with Gasteiger partial charge in [-0.1, -0.05) is 32.1 Å². The smallest absolute Gasteiger partial charge is 0.0586 e. The Balaban J connectivity index is 1.92. The number of likely N-dealkylation sites (tertiary alicyclic amines) is 1. The van der Waals surface area contributed by atoms with E-state index >= 15 is 0 Å². The van der Waals surface area contributed by atoms with Crippen LogP contribution in [0.1, 0.15) is 57.8 Å². The summed E-state index contributed by atoms with van der Waals surface area (Å²) in [5.74, 6) is 0. The molecule has 1 aliphatic carbocycles. The van der Waals surface area contributed by atoms with Crippen molar-refractivity contribution in [1.82, 2.24) is 4.90 Å². The van der Waals surface area contributed by atoms with Gasteiger partial charge in [0.05, 0.1) is 6.61 Å². The molecule has 0 spiro atoms. The van der Waals surface area contributed by atoms with Crippen molar-refractivity contribution in [3.05, 3.63) is 0 Å². The topological polar surface area (TPSA) is 23.5 Å². The number of piperidine rings is 1. The number of nitrogens with zero attached hydrogens (tertiary/aromatic N) is 1. The lowest BCUT2D eigenvalue weighted by atomic mass is 9.97. The van der Waals surface area contributed by atoms with E-state index in [0.717, 1.165) is 6.04 Å². The minimum atomic E-state index is 0.372. The van der Waals surface area contributed by atoms with Gasteiger partial charge in [0.25, 0.3) is 0 Å². The minimum Gasteiger partial charge on any atom is -0.395 e. The second kappa shape index (κ2) is 5.86. The predicted molar refractivity (Wildman–Crippen MR) is 62.9 cm³/mol. The molecule has 0 aromatic heterocycles. The van der Waals surface area contributed by atoms with Crippen LogP contribution in [0.3, 0.4) is 0 Å². The highest BCUT2D eigenvalue weighted by molar-refractivity contribution is 4.83. The van der Waals surface area contributed by atoms with E-state index in [0.29, 0.717) is 12.6 Å². The van der Waals surface area contributed by atoms with Crippen LogP contribution in [0.5, 0.6) is 0 Å². The molecule has 1 saturated carbocycles. The quantitative estimate of drug-likeness (QED) is 0.710. The standard InChI is InChI=1S/C13H25NO/c15-11-13-9-5-6-10-14(13)12-7-3-1-2-4-8-12/h12-13,15H,1-11H2/t13-/m1/s1. The zero-order chi connectivity index (χ0) is 10.5. The number of hydrogen-bond acceptors (Lipinski definition) is 2. The van der Waals surface area contributed by atoms with Gasteiger partial charge < -0.3 is 5.11 Å². The Kier molecular flexibility index (Phi) is 4.45. The molecule has 1 atom stereocenters. The molecule has 2 aliphatic rings. The van der Waals surface area contributed by atoms with E-state index in [4.69, 9.17) is 0 Å². The molecule has 0 unspecified atom stereocenters. The molecule has 0 bridgehead atoms. The van der Waals surface area contributed by atoms with Gasteiger partial charge in [-0.05, 0) is 32.2 Å². The van der Waals surface area contributed by atoms with Gasteiger partial charge in [-0.3, -0.25) is 4.90 Å². The first kappa shape index (κ1) is 11.4. The van der Waals surface area contributed by atoms with Crippen LogP contribution in [-0.2, 0) is 0 Å². The van der Waals surface area contributed by atoms with Crippen LogP contribution < -0.4 is 0 Å². The SMILES string of the molecule is OC[C@H]1CCCCN1C1CCCCCC1. The van der Waals surface area contributed by atoms with Crippen molar-refractivity contribution in [1.29, 1.82) is 0 Å². The Bertz CT molecular complexity index is 175. The molecule has 0 aromatic carbocycles. The molecule has 2 rings (SSSR count). The fourth-order valence-corrected chi connectivity index (χ4v) is 3.29. The van der Waals surface area contributed by atoms with Crippen molar-refractivity contribution >= 4 is 0 Å². The van der Waals surface area contributed by atoms with Crippen molar-refractivity contribution in [3.8, 4) is 0 Å². The van der Waals surface area contributed by atoms with Crippen LogP contribution in [0.25, 0.3) is 0 Å². The van der Waals surface area contributed by atoms with E-state index in [1.165, 1.54) is 64.3 Å². The van der Waals surface area contributed by atoms with Crippen LogP contribution in [0.4, 0.5) is 0 Å². The molecule has 88 valence electrons. The first-order valence-electron chi connectivity index (χ1n) is 6.78. The van der Waals surface area contributed by atoms with Gasteiger partial charge in [-0.25, -0.2) is 0 Å². The van der Waals surface area contributed by atoms with E-state index < -0.39 is 0 Å². The highest BCUT2D eigenvalue weighted by Crippen LogP contribution is 2.27. The highest BCUT2D eigenvalue weighted by Gasteiger charge is 2.28. The van der Waals surface area contributed by atoms with Crippen molar-refractivity contribution in [2.75, 3.05) is 13.2 Å². The Morgan fingerprint density at radius 3 is 2.20 bits per heavy atom. The van der Waals surface area contributed by atoms with Gasteiger partial charge in [-0.2, -0.15) is 0 Å². The molecule has 0 aromatic rings. The Morgan fingerprint density at radius 2 is 1.53 bits per heavy atom. The van der Waals surface area contributed by atoms with Crippen molar-refractivity contribution in [2.24, 2.45) is 0 Å². The maximum absolute atomic E-state index is 9.42. The molecule has 2 nitrogen and oxygen atoms in total. The van der Waals surface area contributed by atoms with Crippen LogP contribution in [0.2, 0.25) is 0 Å². The van der Waals surface area contributed by atoms with Gasteiger partial charge in [0.1, 0.15) is 0 Å².